The van der Waals surface area contributed by atoms with Crippen LogP contribution in [0.15, 0.2) is 18.5 Å². The van der Waals surface area contributed by atoms with Gasteiger partial charge in [-0.15, -0.1) is 11.3 Å². The van der Waals surface area contributed by atoms with E-state index >= 15 is 0 Å². The Morgan fingerprint density at radius 1 is 1.29 bits per heavy atom. The molecule has 1 saturated heterocycles. The van der Waals surface area contributed by atoms with Crippen LogP contribution in [-0.2, 0) is 4.74 Å². The summed E-state index contributed by atoms with van der Waals surface area (Å²) in [7, 11) is 0. The molecule has 1 amide bonds. The minimum absolute atomic E-state index is 0.0763. The summed E-state index contributed by atoms with van der Waals surface area (Å²) in [5.41, 5.74) is 0.756. The molecule has 2 fully saturated rings. The molecule has 0 N–H and O–H groups in total. The number of nitrogens with zero attached hydrogens (tertiary/aromatic N) is 4. The van der Waals surface area contributed by atoms with E-state index in [1.807, 2.05) is 11.8 Å². The summed E-state index contributed by atoms with van der Waals surface area (Å²) in [4.78, 5) is 28.8. The van der Waals surface area contributed by atoms with Gasteiger partial charge in [0.15, 0.2) is 10.8 Å². The van der Waals surface area contributed by atoms with Crippen molar-refractivity contribution in [2.24, 2.45) is 0 Å². The number of amides is 1. The van der Waals surface area contributed by atoms with Crippen molar-refractivity contribution in [1.82, 2.24) is 19.9 Å². The van der Waals surface area contributed by atoms with E-state index in [9.17, 15) is 4.79 Å². The summed E-state index contributed by atoms with van der Waals surface area (Å²) >= 11 is 1.39. The van der Waals surface area contributed by atoms with E-state index in [-0.39, 0.29) is 18.1 Å². The predicted molar refractivity (Wildman–Crippen MR) is 90.9 cm³/mol. The summed E-state index contributed by atoms with van der Waals surface area (Å²) in [6.45, 7) is 3.17. The molecule has 0 bridgehead atoms. The van der Waals surface area contributed by atoms with E-state index in [1.54, 1.807) is 18.5 Å². The van der Waals surface area contributed by atoms with Gasteiger partial charge in [-0.25, -0.2) is 15.0 Å². The average Bonchev–Trinajstić information content (AvgIpc) is 3.03. The number of fused-ring (bicyclic) bond motifs is 1. The molecule has 0 spiro atoms. The van der Waals surface area contributed by atoms with Crippen molar-refractivity contribution in [2.45, 2.75) is 44.8 Å². The number of hydrogen-bond acceptors (Lipinski definition) is 6. The SMILES string of the molecule is Cc1nc(-c2ncccn2)sc1C(=O)N1CCO[C@@H]2CCCC[C@@H]21. The highest BCUT2D eigenvalue weighted by Crippen LogP contribution is 2.32. The van der Waals surface area contributed by atoms with E-state index in [2.05, 4.69) is 15.0 Å². The molecule has 1 aliphatic carbocycles. The summed E-state index contributed by atoms with van der Waals surface area (Å²) in [6.07, 6.45) is 8.02. The molecule has 126 valence electrons. The lowest BCUT2D eigenvalue weighted by atomic mass is 9.90. The van der Waals surface area contributed by atoms with Crippen LogP contribution < -0.4 is 0 Å². The van der Waals surface area contributed by atoms with Crippen molar-refractivity contribution >= 4 is 17.2 Å². The molecular formula is C17H20N4O2S. The van der Waals surface area contributed by atoms with Gasteiger partial charge >= 0.3 is 0 Å². The zero-order chi connectivity index (χ0) is 16.5. The van der Waals surface area contributed by atoms with Crippen LogP contribution in [-0.4, -0.2) is 51.1 Å². The molecule has 2 aromatic rings. The van der Waals surface area contributed by atoms with Crippen molar-refractivity contribution in [2.75, 3.05) is 13.2 Å². The Balaban J connectivity index is 1.61. The molecule has 24 heavy (non-hydrogen) atoms. The number of rotatable bonds is 2. The van der Waals surface area contributed by atoms with Crippen molar-refractivity contribution in [3.05, 3.63) is 29.0 Å². The lowest BCUT2D eigenvalue weighted by Gasteiger charge is -2.43. The van der Waals surface area contributed by atoms with Gasteiger partial charge in [0.25, 0.3) is 5.91 Å². The van der Waals surface area contributed by atoms with E-state index in [4.69, 9.17) is 4.74 Å². The van der Waals surface area contributed by atoms with E-state index in [0.717, 1.165) is 18.5 Å². The topological polar surface area (TPSA) is 68.2 Å². The zero-order valence-electron chi connectivity index (χ0n) is 13.6. The largest absolute Gasteiger partial charge is 0.374 e. The fourth-order valence-electron chi connectivity index (χ4n) is 3.58. The minimum Gasteiger partial charge on any atom is -0.374 e. The van der Waals surface area contributed by atoms with E-state index < -0.39 is 0 Å². The van der Waals surface area contributed by atoms with Gasteiger partial charge in [0.05, 0.1) is 24.4 Å². The second-order valence-corrected chi connectivity index (χ2v) is 7.26. The minimum atomic E-state index is 0.0763. The summed E-state index contributed by atoms with van der Waals surface area (Å²) < 4.78 is 5.88. The van der Waals surface area contributed by atoms with Gasteiger partial charge in [0.1, 0.15) is 4.88 Å². The molecule has 0 radical (unpaired) electrons. The highest BCUT2D eigenvalue weighted by molar-refractivity contribution is 7.17. The average molecular weight is 344 g/mol. The number of thiazole rings is 1. The Morgan fingerprint density at radius 2 is 2.08 bits per heavy atom. The normalized spacial score (nSPS) is 23.8. The van der Waals surface area contributed by atoms with Crippen LogP contribution in [0.3, 0.4) is 0 Å². The van der Waals surface area contributed by atoms with Crippen LogP contribution in [0, 0.1) is 6.92 Å². The van der Waals surface area contributed by atoms with E-state index in [0.29, 0.717) is 28.9 Å². The molecule has 2 atom stereocenters. The van der Waals surface area contributed by atoms with Crippen LogP contribution in [0.5, 0.6) is 0 Å². The maximum absolute atomic E-state index is 13.1. The molecule has 0 aromatic carbocycles. The Kier molecular flexibility index (Phi) is 4.28. The molecule has 3 heterocycles. The molecule has 0 unspecified atom stereocenters. The van der Waals surface area contributed by atoms with Crippen LogP contribution in [0.1, 0.15) is 41.0 Å². The smallest absolute Gasteiger partial charge is 0.266 e. The Hall–Kier alpha value is -1.86. The third kappa shape index (κ3) is 2.82. The maximum atomic E-state index is 13.1. The lowest BCUT2D eigenvalue weighted by molar-refractivity contribution is -0.0751. The number of aromatic nitrogens is 3. The van der Waals surface area contributed by atoms with Gasteiger partial charge < -0.3 is 9.64 Å². The lowest BCUT2D eigenvalue weighted by Crippen LogP contribution is -2.54. The second-order valence-electron chi connectivity index (χ2n) is 6.27. The number of morpholine rings is 1. The van der Waals surface area contributed by atoms with Gasteiger partial charge in [0, 0.05) is 18.9 Å². The quantitative estimate of drug-likeness (QED) is 0.838. The fourth-order valence-corrected chi connectivity index (χ4v) is 4.55. The molecular weight excluding hydrogens is 324 g/mol. The van der Waals surface area contributed by atoms with Gasteiger partial charge in [-0.3, -0.25) is 4.79 Å². The Bertz CT molecular complexity index is 731. The van der Waals surface area contributed by atoms with Crippen molar-refractivity contribution in [1.29, 1.82) is 0 Å². The number of aryl methyl sites for hydroxylation is 1. The predicted octanol–water partition coefficient (Wildman–Crippen LogP) is 2.69. The first kappa shape index (κ1) is 15.7. The first-order chi connectivity index (χ1) is 11.7. The first-order valence-corrected chi connectivity index (χ1v) is 9.23. The van der Waals surface area contributed by atoms with Crippen LogP contribution >= 0.6 is 11.3 Å². The summed E-state index contributed by atoms with van der Waals surface area (Å²) in [5.74, 6) is 0.648. The molecule has 1 saturated carbocycles. The van der Waals surface area contributed by atoms with Crippen molar-refractivity contribution < 1.29 is 9.53 Å². The number of hydrogen-bond donors (Lipinski definition) is 0. The highest BCUT2D eigenvalue weighted by Gasteiger charge is 2.38. The second kappa shape index (κ2) is 6.57. The monoisotopic (exact) mass is 344 g/mol. The van der Waals surface area contributed by atoms with Crippen LogP contribution in [0.2, 0.25) is 0 Å². The summed E-state index contributed by atoms with van der Waals surface area (Å²) in [5, 5.41) is 0.699. The first-order valence-electron chi connectivity index (χ1n) is 8.41. The van der Waals surface area contributed by atoms with Crippen molar-refractivity contribution in [3.8, 4) is 10.8 Å². The van der Waals surface area contributed by atoms with E-state index in [1.165, 1.54) is 24.2 Å². The summed E-state index contributed by atoms with van der Waals surface area (Å²) in [6, 6.07) is 1.98. The number of carbonyl (C=O) groups excluding carboxylic acids is 1. The van der Waals surface area contributed by atoms with Crippen LogP contribution in [0.25, 0.3) is 10.8 Å². The molecule has 6 nitrogen and oxygen atoms in total. The Labute approximate surface area is 144 Å². The van der Waals surface area contributed by atoms with Crippen LogP contribution in [0.4, 0.5) is 0 Å². The fraction of sp³-hybridized carbons (Fsp3) is 0.529. The molecule has 2 aromatic heterocycles. The van der Waals surface area contributed by atoms with Crippen molar-refractivity contribution in [3.63, 3.8) is 0 Å². The maximum Gasteiger partial charge on any atom is 0.266 e. The third-order valence-corrected chi connectivity index (χ3v) is 5.88. The zero-order valence-corrected chi connectivity index (χ0v) is 14.5. The number of carbonyl (C=O) groups is 1. The standard InChI is InChI=1S/C17H20N4O2S/c1-11-14(24-16(20-11)15-18-7-4-8-19-15)17(22)21-9-10-23-13-6-3-2-5-12(13)21/h4,7-8,12-13H,2-3,5-6,9-10H2,1H3/t12-,13+/m0/s1. The number of ether oxygens (including phenoxy) is 1. The van der Waals surface area contributed by atoms with Gasteiger partial charge in [-0.05, 0) is 25.8 Å². The van der Waals surface area contributed by atoms with Gasteiger partial charge in [0.2, 0.25) is 0 Å². The third-order valence-electron chi connectivity index (χ3n) is 4.74. The molecule has 2 aliphatic rings. The molecule has 1 aliphatic heterocycles. The van der Waals surface area contributed by atoms with Gasteiger partial charge in [-0.2, -0.15) is 0 Å². The molecule has 7 heteroatoms. The van der Waals surface area contributed by atoms with Gasteiger partial charge in [-0.1, -0.05) is 12.8 Å². The Morgan fingerprint density at radius 3 is 2.92 bits per heavy atom. The molecule has 4 rings (SSSR count). The highest BCUT2D eigenvalue weighted by atomic mass is 32.1.